The molecule has 1 aromatic rings. The van der Waals surface area contributed by atoms with Crippen LogP contribution in [0.4, 0.5) is 0 Å². The van der Waals surface area contributed by atoms with E-state index in [1.165, 1.54) is 0 Å². The zero-order valence-corrected chi connectivity index (χ0v) is 8.12. The highest BCUT2D eigenvalue weighted by Gasteiger charge is 2.10. The number of aromatic nitrogens is 4. The van der Waals surface area contributed by atoms with E-state index >= 15 is 0 Å². The van der Waals surface area contributed by atoms with Gasteiger partial charge in [-0.25, -0.2) is 4.68 Å². The van der Waals surface area contributed by atoms with Gasteiger partial charge in [0.05, 0.1) is 5.38 Å². The highest BCUT2D eigenvalue weighted by molar-refractivity contribution is 6.20. The van der Waals surface area contributed by atoms with Crippen LogP contribution in [0.3, 0.4) is 0 Å². The van der Waals surface area contributed by atoms with Gasteiger partial charge in [0.15, 0.2) is 5.82 Å². The van der Waals surface area contributed by atoms with Gasteiger partial charge in [-0.15, -0.1) is 16.7 Å². The first-order chi connectivity index (χ1) is 5.75. The molecule has 0 spiro atoms. The van der Waals surface area contributed by atoms with Crippen molar-refractivity contribution in [2.75, 3.05) is 0 Å². The number of alkyl halides is 1. The molecule has 0 saturated heterocycles. The zero-order chi connectivity index (χ0) is 8.97. The molecule has 0 aromatic carbocycles. The summed E-state index contributed by atoms with van der Waals surface area (Å²) in [6, 6.07) is 0. The van der Waals surface area contributed by atoms with Crippen molar-refractivity contribution >= 4 is 11.6 Å². The second-order valence-electron chi connectivity index (χ2n) is 2.73. The Morgan fingerprint density at radius 3 is 2.92 bits per heavy atom. The maximum atomic E-state index is 5.87. The normalized spacial score (nSPS) is 13.2. The van der Waals surface area contributed by atoms with E-state index in [-0.39, 0.29) is 5.38 Å². The fourth-order valence-corrected chi connectivity index (χ4v) is 1.12. The van der Waals surface area contributed by atoms with Crippen LogP contribution < -0.4 is 0 Å². The molecule has 1 heterocycles. The molecular formula is C7H13ClN4. The van der Waals surface area contributed by atoms with Gasteiger partial charge in [-0.2, -0.15) is 0 Å². The van der Waals surface area contributed by atoms with Crippen LogP contribution in [0, 0.1) is 0 Å². The van der Waals surface area contributed by atoms with Crippen LogP contribution in [-0.2, 0) is 6.54 Å². The lowest BCUT2D eigenvalue weighted by Gasteiger charge is -2.03. The Balaban J connectivity index is 2.64. The maximum Gasteiger partial charge on any atom is 0.168 e. The molecule has 0 amide bonds. The Morgan fingerprint density at radius 2 is 2.33 bits per heavy atom. The van der Waals surface area contributed by atoms with Crippen LogP contribution >= 0.6 is 11.6 Å². The Hall–Kier alpha value is -0.640. The lowest BCUT2D eigenvalue weighted by Crippen LogP contribution is -2.06. The molecule has 1 unspecified atom stereocenters. The van der Waals surface area contributed by atoms with Gasteiger partial charge >= 0.3 is 0 Å². The molecule has 0 radical (unpaired) electrons. The second-order valence-corrected chi connectivity index (χ2v) is 3.38. The molecule has 1 atom stereocenters. The molecular weight excluding hydrogens is 176 g/mol. The van der Waals surface area contributed by atoms with E-state index in [1.807, 2.05) is 6.92 Å². The van der Waals surface area contributed by atoms with Gasteiger partial charge in [0.1, 0.15) is 0 Å². The fourth-order valence-electron chi connectivity index (χ4n) is 0.964. The van der Waals surface area contributed by atoms with Crippen LogP contribution in [0.5, 0.6) is 0 Å². The lowest BCUT2D eigenvalue weighted by molar-refractivity contribution is 0.532. The Kier molecular flexibility index (Phi) is 3.47. The average molecular weight is 189 g/mol. The number of hydrogen-bond acceptors (Lipinski definition) is 3. The van der Waals surface area contributed by atoms with Crippen LogP contribution in [0.1, 0.15) is 37.9 Å². The van der Waals surface area contributed by atoms with Gasteiger partial charge < -0.3 is 0 Å². The van der Waals surface area contributed by atoms with E-state index in [0.29, 0.717) is 0 Å². The lowest BCUT2D eigenvalue weighted by atomic mass is 10.3. The third-order valence-corrected chi connectivity index (χ3v) is 1.83. The number of halogens is 1. The van der Waals surface area contributed by atoms with Gasteiger partial charge in [-0.05, 0) is 23.8 Å². The van der Waals surface area contributed by atoms with Crippen molar-refractivity contribution in [1.29, 1.82) is 0 Å². The van der Waals surface area contributed by atoms with Crippen molar-refractivity contribution in [3.05, 3.63) is 5.82 Å². The van der Waals surface area contributed by atoms with Crippen LogP contribution in [0.2, 0.25) is 0 Å². The highest BCUT2D eigenvalue weighted by atomic mass is 35.5. The number of nitrogens with zero attached hydrogens (tertiary/aromatic N) is 4. The molecule has 12 heavy (non-hydrogen) atoms. The van der Waals surface area contributed by atoms with Crippen molar-refractivity contribution in [3.63, 3.8) is 0 Å². The van der Waals surface area contributed by atoms with Crippen molar-refractivity contribution in [2.24, 2.45) is 0 Å². The van der Waals surface area contributed by atoms with Crippen molar-refractivity contribution in [2.45, 2.75) is 38.6 Å². The molecule has 0 saturated carbocycles. The van der Waals surface area contributed by atoms with Crippen molar-refractivity contribution in [1.82, 2.24) is 20.2 Å². The summed E-state index contributed by atoms with van der Waals surface area (Å²) in [6.07, 6.45) is 2.22. The Labute approximate surface area is 76.9 Å². The van der Waals surface area contributed by atoms with Crippen LogP contribution in [-0.4, -0.2) is 20.2 Å². The summed E-state index contributed by atoms with van der Waals surface area (Å²) >= 11 is 5.87. The summed E-state index contributed by atoms with van der Waals surface area (Å²) in [4.78, 5) is 0. The van der Waals surface area contributed by atoms with E-state index in [4.69, 9.17) is 11.6 Å². The molecule has 0 fully saturated rings. The van der Waals surface area contributed by atoms with Gasteiger partial charge in [-0.1, -0.05) is 13.3 Å². The SMILES string of the molecule is CCCCn1nnnc1C(C)Cl. The summed E-state index contributed by atoms with van der Waals surface area (Å²) in [6.45, 7) is 4.86. The summed E-state index contributed by atoms with van der Waals surface area (Å²) in [5, 5.41) is 11.1. The minimum Gasteiger partial charge on any atom is -0.228 e. The third kappa shape index (κ3) is 2.17. The van der Waals surface area contributed by atoms with E-state index in [0.717, 1.165) is 25.2 Å². The minimum absolute atomic E-state index is 0.114. The van der Waals surface area contributed by atoms with Crippen LogP contribution in [0.15, 0.2) is 0 Å². The predicted octanol–water partition coefficient (Wildman–Crippen LogP) is 1.77. The van der Waals surface area contributed by atoms with E-state index in [1.54, 1.807) is 4.68 Å². The first kappa shape index (κ1) is 9.45. The van der Waals surface area contributed by atoms with Gasteiger partial charge in [0, 0.05) is 6.54 Å². The average Bonchev–Trinajstić information content (AvgIpc) is 2.48. The number of rotatable bonds is 4. The molecule has 4 nitrogen and oxygen atoms in total. The smallest absolute Gasteiger partial charge is 0.168 e. The summed E-state index contributed by atoms with van der Waals surface area (Å²) in [5.74, 6) is 0.755. The molecule has 1 rings (SSSR count). The number of unbranched alkanes of at least 4 members (excludes halogenated alkanes) is 1. The first-order valence-corrected chi connectivity index (χ1v) is 4.59. The third-order valence-electron chi connectivity index (χ3n) is 1.64. The summed E-state index contributed by atoms with van der Waals surface area (Å²) < 4.78 is 1.77. The van der Waals surface area contributed by atoms with Gasteiger partial charge in [0.2, 0.25) is 0 Å². The first-order valence-electron chi connectivity index (χ1n) is 4.15. The van der Waals surface area contributed by atoms with Gasteiger partial charge in [-0.3, -0.25) is 0 Å². The fraction of sp³-hybridized carbons (Fsp3) is 0.857. The topological polar surface area (TPSA) is 43.6 Å². The molecule has 5 heteroatoms. The molecule has 68 valence electrons. The second kappa shape index (κ2) is 4.40. The number of aryl methyl sites for hydroxylation is 1. The monoisotopic (exact) mass is 188 g/mol. The minimum atomic E-state index is -0.114. The van der Waals surface area contributed by atoms with E-state index in [2.05, 4.69) is 22.4 Å². The Bertz CT molecular complexity index is 233. The molecule has 0 aliphatic heterocycles. The quantitative estimate of drug-likeness (QED) is 0.677. The van der Waals surface area contributed by atoms with Crippen molar-refractivity contribution in [3.8, 4) is 0 Å². The molecule has 0 N–H and O–H groups in total. The number of hydrogen-bond donors (Lipinski definition) is 0. The van der Waals surface area contributed by atoms with Crippen molar-refractivity contribution < 1.29 is 0 Å². The molecule has 0 aliphatic rings. The molecule has 0 bridgehead atoms. The highest BCUT2D eigenvalue weighted by Crippen LogP contribution is 2.15. The zero-order valence-electron chi connectivity index (χ0n) is 7.37. The number of tetrazole rings is 1. The summed E-state index contributed by atoms with van der Waals surface area (Å²) in [7, 11) is 0. The largest absolute Gasteiger partial charge is 0.228 e. The van der Waals surface area contributed by atoms with E-state index < -0.39 is 0 Å². The Morgan fingerprint density at radius 1 is 1.58 bits per heavy atom. The van der Waals surface area contributed by atoms with Crippen LogP contribution in [0.25, 0.3) is 0 Å². The molecule has 0 aliphatic carbocycles. The van der Waals surface area contributed by atoms with E-state index in [9.17, 15) is 0 Å². The van der Waals surface area contributed by atoms with Gasteiger partial charge in [0.25, 0.3) is 0 Å². The standard InChI is InChI=1S/C7H13ClN4/c1-3-4-5-12-7(6(2)8)9-10-11-12/h6H,3-5H2,1-2H3. The summed E-state index contributed by atoms with van der Waals surface area (Å²) in [5.41, 5.74) is 0. The maximum absolute atomic E-state index is 5.87. The predicted molar refractivity (Wildman–Crippen MR) is 47.0 cm³/mol. The molecule has 1 aromatic heterocycles.